The summed E-state index contributed by atoms with van der Waals surface area (Å²) in [5.41, 5.74) is 1.94. The van der Waals surface area contributed by atoms with Crippen LogP contribution in [-0.2, 0) is 6.42 Å². The zero-order chi connectivity index (χ0) is 19.3. The maximum absolute atomic E-state index is 12.9. The van der Waals surface area contributed by atoms with E-state index in [9.17, 15) is 9.18 Å². The molecule has 1 amide bonds. The number of aromatic nitrogens is 2. The van der Waals surface area contributed by atoms with Gasteiger partial charge in [-0.2, -0.15) is 0 Å². The molecule has 28 heavy (non-hydrogen) atoms. The number of nitrogens with zero attached hydrogens (tertiary/aromatic N) is 2. The number of carbonyl (C=O) groups is 1. The zero-order valence-electron chi connectivity index (χ0n) is 14.8. The predicted octanol–water partition coefficient (Wildman–Crippen LogP) is 3.06. The van der Waals surface area contributed by atoms with Gasteiger partial charge in [0.1, 0.15) is 23.7 Å². The Bertz CT molecular complexity index is 995. The highest BCUT2D eigenvalue weighted by molar-refractivity contribution is 5.93. The fourth-order valence-electron chi connectivity index (χ4n) is 2.73. The van der Waals surface area contributed by atoms with Crippen molar-refractivity contribution >= 4 is 17.4 Å². The molecule has 0 unspecified atom stereocenters. The van der Waals surface area contributed by atoms with Gasteiger partial charge in [0.15, 0.2) is 11.5 Å². The van der Waals surface area contributed by atoms with Crippen LogP contribution in [-0.4, -0.2) is 29.2 Å². The molecular weight excluding hydrogens is 363 g/mol. The molecule has 3 aromatic rings. The molecule has 0 aliphatic carbocycles. The Morgan fingerprint density at radius 1 is 1.04 bits per heavy atom. The number of carbonyl (C=O) groups excluding carboxylic acids is 1. The largest absolute Gasteiger partial charge is 0.454 e. The van der Waals surface area contributed by atoms with Crippen LogP contribution in [0.1, 0.15) is 16.1 Å². The van der Waals surface area contributed by atoms with E-state index >= 15 is 0 Å². The second-order valence-corrected chi connectivity index (χ2v) is 6.11. The smallest absolute Gasteiger partial charge is 0.270 e. The topological polar surface area (TPSA) is 85.4 Å². The third-order valence-electron chi connectivity index (χ3n) is 4.16. The van der Waals surface area contributed by atoms with Crippen molar-refractivity contribution in [3.63, 3.8) is 0 Å². The average molecular weight is 380 g/mol. The van der Waals surface area contributed by atoms with E-state index < -0.39 is 0 Å². The first kappa shape index (κ1) is 17.7. The van der Waals surface area contributed by atoms with Crippen molar-refractivity contribution in [3.8, 4) is 11.5 Å². The standard InChI is InChI=1S/C20H17FN4O3/c21-14-3-1-13(2-4-14)7-8-22-20(26)16-10-19(24-11-23-16)25-15-5-6-17-18(9-15)28-12-27-17/h1-6,9-11H,7-8,12H2,(H,22,26)(H,23,24,25). The van der Waals surface area contributed by atoms with Crippen LogP contribution in [0.2, 0.25) is 0 Å². The lowest BCUT2D eigenvalue weighted by molar-refractivity contribution is 0.0949. The summed E-state index contributed by atoms with van der Waals surface area (Å²) in [5.74, 6) is 1.24. The molecule has 2 aromatic carbocycles. The van der Waals surface area contributed by atoms with Crippen LogP contribution in [0.4, 0.5) is 15.9 Å². The van der Waals surface area contributed by atoms with Gasteiger partial charge in [0.2, 0.25) is 6.79 Å². The summed E-state index contributed by atoms with van der Waals surface area (Å²) in [6.07, 6.45) is 1.92. The highest BCUT2D eigenvalue weighted by atomic mass is 19.1. The molecule has 0 saturated carbocycles. The summed E-state index contributed by atoms with van der Waals surface area (Å²) in [6, 6.07) is 13.2. The molecule has 2 heterocycles. The van der Waals surface area contributed by atoms with Crippen molar-refractivity contribution in [2.75, 3.05) is 18.7 Å². The molecule has 0 bridgehead atoms. The van der Waals surface area contributed by atoms with Crippen LogP contribution in [0.3, 0.4) is 0 Å². The van der Waals surface area contributed by atoms with Crippen molar-refractivity contribution < 1.29 is 18.7 Å². The first-order chi connectivity index (χ1) is 13.7. The number of hydrogen-bond acceptors (Lipinski definition) is 6. The summed E-state index contributed by atoms with van der Waals surface area (Å²) in [7, 11) is 0. The third-order valence-corrected chi connectivity index (χ3v) is 4.16. The molecule has 142 valence electrons. The van der Waals surface area contributed by atoms with Crippen molar-refractivity contribution in [1.82, 2.24) is 15.3 Å². The normalized spacial score (nSPS) is 11.9. The summed E-state index contributed by atoms with van der Waals surface area (Å²) in [4.78, 5) is 20.5. The van der Waals surface area contributed by atoms with Gasteiger partial charge in [0.25, 0.3) is 5.91 Å². The summed E-state index contributed by atoms with van der Waals surface area (Å²) in [5, 5.41) is 5.91. The lowest BCUT2D eigenvalue weighted by Gasteiger charge is -2.08. The molecule has 4 rings (SSSR count). The number of ether oxygens (including phenoxy) is 2. The average Bonchev–Trinajstić information content (AvgIpc) is 3.17. The van der Waals surface area contributed by atoms with Crippen LogP contribution in [0, 0.1) is 5.82 Å². The minimum Gasteiger partial charge on any atom is -0.454 e. The van der Waals surface area contributed by atoms with E-state index in [1.54, 1.807) is 30.3 Å². The Kier molecular flexibility index (Phi) is 5.01. The number of fused-ring (bicyclic) bond motifs is 1. The van der Waals surface area contributed by atoms with Gasteiger partial charge in [-0.25, -0.2) is 14.4 Å². The van der Waals surface area contributed by atoms with Gasteiger partial charge in [-0.1, -0.05) is 12.1 Å². The lowest BCUT2D eigenvalue weighted by atomic mass is 10.1. The highest BCUT2D eigenvalue weighted by Crippen LogP contribution is 2.34. The molecule has 0 saturated heterocycles. The minimum atomic E-state index is -0.307. The van der Waals surface area contributed by atoms with Gasteiger partial charge in [-0.05, 0) is 36.2 Å². The number of nitrogens with one attached hydrogen (secondary N) is 2. The maximum atomic E-state index is 12.9. The minimum absolute atomic E-state index is 0.203. The van der Waals surface area contributed by atoms with Crippen molar-refractivity contribution in [2.45, 2.75) is 6.42 Å². The van der Waals surface area contributed by atoms with Crippen molar-refractivity contribution in [3.05, 3.63) is 71.9 Å². The van der Waals surface area contributed by atoms with E-state index in [-0.39, 0.29) is 24.2 Å². The van der Waals surface area contributed by atoms with Crippen LogP contribution in [0.15, 0.2) is 54.9 Å². The van der Waals surface area contributed by atoms with E-state index in [0.717, 1.165) is 11.3 Å². The van der Waals surface area contributed by atoms with Gasteiger partial charge in [0, 0.05) is 24.4 Å². The number of benzene rings is 2. The molecule has 1 aromatic heterocycles. The van der Waals surface area contributed by atoms with Gasteiger partial charge in [0.05, 0.1) is 0 Å². The zero-order valence-corrected chi connectivity index (χ0v) is 14.8. The second-order valence-electron chi connectivity index (χ2n) is 6.11. The predicted molar refractivity (Wildman–Crippen MR) is 100 cm³/mol. The molecule has 0 radical (unpaired) electrons. The summed E-state index contributed by atoms with van der Waals surface area (Å²) < 4.78 is 23.5. The Balaban J connectivity index is 1.36. The Morgan fingerprint density at radius 2 is 1.86 bits per heavy atom. The quantitative estimate of drug-likeness (QED) is 0.684. The number of hydrogen-bond donors (Lipinski definition) is 2. The van der Waals surface area contributed by atoms with E-state index in [0.29, 0.717) is 30.3 Å². The fourth-order valence-corrected chi connectivity index (χ4v) is 2.73. The summed E-state index contributed by atoms with van der Waals surface area (Å²) in [6.45, 7) is 0.619. The monoisotopic (exact) mass is 380 g/mol. The number of halogens is 1. The SMILES string of the molecule is O=C(NCCc1ccc(F)cc1)c1cc(Nc2ccc3c(c2)OCO3)ncn1. The summed E-state index contributed by atoms with van der Waals surface area (Å²) >= 11 is 0. The molecule has 0 spiro atoms. The number of anilines is 2. The Morgan fingerprint density at radius 3 is 2.71 bits per heavy atom. The van der Waals surface area contributed by atoms with Crippen LogP contribution in [0.25, 0.3) is 0 Å². The van der Waals surface area contributed by atoms with E-state index in [2.05, 4.69) is 20.6 Å². The van der Waals surface area contributed by atoms with Gasteiger partial charge < -0.3 is 20.1 Å². The number of amides is 1. The molecule has 0 fully saturated rings. The number of rotatable bonds is 6. The molecule has 2 N–H and O–H groups in total. The van der Waals surface area contributed by atoms with E-state index in [1.807, 2.05) is 6.07 Å². The fraction of sp³-hybridized carbons (Fsp3) is 0.150. The molecular formula is C20H17FN4O3. The van der Waals surface area contributed by atoms with Crippen molar-refractivity contribution in [2.24, 2.45) is 0 Å². The second kappa shape index (κ2) is 7.91. The maximum Gasteiger partial charge on any atom is 0.270 e. The highest BCUT2D eigenvalue weighted by Gasteiger charge is 2.14. The Labute approximate surface area is 160 Å². The molecule has 1 aliphatic heterocycles. The van der Waals surface area contributed by atoms with Gasteiger partial charge in [-0.3, -0.25) is 4.79 Å². The molecule has 0 atom stereocenters. The van der Waals surface area contributed by atoms with Gasteiger partial charge >= 0.3 is 0 Å². The first-order valence-electron chi connectivity index (χ1n) is 8.69. The van der Waals surface area contributed by atoms with Crippen LogP contribution < -0.4 is 20.1 Å². The van der Waals surface area contributed by atoms with Crippen LogP contribution in [0.5, 0.6) is 11.5 Å². The Hall–Kier alpha value is -3.68. The van der Waals surface area contributed by atoms with Crippen molar-refractivity contribution in [1.29, 1.82) is 0 Å². The van der Waals surface area contributed by atoms with E-state index in [1.165, 1.54) is 18.5 Å². The van der Waals surface area contributed by atoms with E-state index in [4.69, 9.17) is 9.47 Å². The molecule has 1 aliphatic rings. The molecule has 8 heteroatoms. The first-order valence-corrected chi connectivity index (χ1v) is 8.69. The molecule has 7 nitrogen and oxygen atoms in total. The third kappa shape index (κ3) is 4.17. The van der Waals surface area contributed by atoms with Gasteiger partial charge in [-0.15, -0.1) is 0 Å². The van der Waals surface area contributed by atoms with Crippen LogP contribution >= 0.6 is 0 Å². The lowest BCUT2D eigenvalue weighted by Crippen LogP contribution is -2.26.